The molecule has 9 nitrogen and oxygen atoms in total. The molecular formula is C11H16N4O5S. The summed E-state index contributed by atoms with van der Waals surface area (Å²) < 4.78 is 27.3. The van der Waals surface area contributed by atoms with E-state index >= 15 is 0 Å². The lowest BCUT2D eigenvalue weighted by molar-refractivity contribution is -0.137. The summed E-state index contributed by atoms with van der Waals surface area (Å²) in [5.41, 5.74) is 0. The van der Waals surface area contributed by atoms with Crippen molar-refractivity contribution in [3.63, 3.8) is 0 Å². The molecule has 1 fully saturated rings. The number of carbonyl (C=O) groups is 2. The molecule has 0 saturated carbocycles. The Morgan fingerprint density at radius 1 is 1.43 bits per heavy atom. The minimum absolute atomic E-state index is 0.00207. The maximum absolute atomic E-state index is 12.4. The van der Waals surface area contributed by atoms with E-state index in [-0.39, 0.29) is 49.8 Å². The molecule has 1 aromatic rings. The van der Waals surface area contributed by atoms with Crippen LogP contribution in [0.2, 0.25) is 0 Å². The van der Waals surface area contributed by atoms with Crippen molar-refractivity contribution < 1.29 is 23.1 Å². The van der Waals surface area contributed by atoms with Crippen LogP contribution in [0.4, 0.5) is 0 Å². The number of amides is 1. The number of aliphatic carboxylic acids is 1. The Morgan fingerprint density at radius 3 is 2.90 bits per heavy atom. The molecule has 0 aliphatic carbocycles. The third-order valence-electron chi connectivity index (χ3n) is 3.07. The number of nitrogens with one attached hydrogen (secondary N) is 1. The first-order chi connectivity index (χ1) is 9.89. The summed E-state index contributed by atoms with van der Waals surface area (Å²) >= 11 is 0. The first kappa shape index (κ1) is 15.4. The Balaban J connectivity index is 2.11. The molecule has 1 aliphatic heterocycles. The number of hydrogen-bond acceptors (Lipinski definition) is 5. The highest BCUT2D eigenvalue weighted by Gasteiger charge is 2.27. The first-order valence-electron chi connectivity index (χ1n) is 6.40. The van der Waals surface area contributed by atoms with Crippen LogP contribution in [0.15, 0.2) is 17.3 Å². The van der Waals surface area contributed by atoms with Crippen molar-refractivity contribution in [3.05, 3.63) is 12.4 Å². The second kappa shape index (κ2) is 6.22. The molecule has 1 aromatic heterocycles. The first-order valence-corrected chi connectivity index (χ1v) is 7.85. The van der Waals surface area contributed by atoms with Crippen LogP contribution in [0, 0.1) is 0 Å². The molecule has 1 aliphatic rings. The van der Waals surface area contributed by atoms with Crippen LogP contribution in [0.25, 0.3) is 0 Å². The fourth-order valence-corrected chi connectivity index (χ4v) is 3.34. The number of sulfonamides is 1. The molecule has 21 heavy (non-hydrogen) atoms. The van der Waals surface area contributed by atoms with Crippen LogP contribution in [-0.4, -0.2) is 59.1 Å². The Kier molecular flexibility index (Phi) is 4.58. The molecule has 0 bridgehead atoms. The van der Waals surface area contributed by atoms with Gasteiger partial charge in [-0.05, 0) is 0 Å². The smallest absolute Gasteiger partial charge is 0.305 e. The molecule has 10 heteroatoms. The summed E-state index contributed by atoms with van der Waals surface area (Å²) in [7, 11) is -3.72. The van der Waals surface area contributed by atoms with Gasteiger partial charge in [-0.2, -0.15) is 9.40 Å². The molecular weight excluding hydrogens is 300 g/mol. The summed E-state index contributed by atoms with van der Waals surface area (Å²) in [4.78, 5) is 21.7. The molecule has 0 spiro atoms. The molecule has 2 N–H and O–H groups in total. The topological polar surface area (TPSA) is 122 Å². The molecule has 1 saturated heterocycles. The van der Waals surface area contributed by atoms with Crippen molar-refractivity contribution in [1.29, 1.82) is 0 Å². The highest BCUT2D eigenvalue weighted by molar-refractivity contribution is 7.89. The zero-order chi connectivity index (χ0) is 15.5. The number of carboxylic acids is 1. The second-order valence-corrected chi connectivity index (χ2v) is 6.52. The van der Waals surface area contributed by atoms with Gasteiger partial charge in [0.25, 0.3) is 0 Å². The van der Waals surface area contributed by atoms with Crippen molar-refractivity contribution in [2.24, 2.45) is 0 Å². The van der Waals surface area contributed by atoms with E-state index in [4.69, 9.17) is 5.11 Å². The Morgan fingerprint density at radius 2 is 2.19 bits per heavy atom. The van der Waals surface area contributed by atoms with Gasteiger partial charge in [0, 0.05) is 32.3 Å². The third-order valence-corrected chi connectivity index (χ3v) is 4.93. The van der Waals surface area contributed by atoms with Gasteiger partial charge >= 0.3 is 5.97 Å². The number of aryl methyl sites for hydroxylation is 1. The van der Waals surface area contributed by atoms with Crippen molar-refractivity contribution in [3.8, 4) is 0 Å². The van der Waals surface area contributed by atoms with Crippen LogP contribution in [-0.2, 0) is 26.2 Å². The zero-order valence-corrected chi connectivity index (χ0v) is 12.0. The van der Waals surface area contributed by atoms with Crippen LogP contribution in [0.5, 0.6) is 0 Å². The van der Waals surface area contributed by atoms with Gasteiger partial charge in [0.05, 0.1) is 19.2 Å². The van der Waals surface area contributed by atoms with Gasteiger partial charge < -0.3 is 10.4 Å². The number of carbonyl (C=O) groups excluding carboxylic acids is 1. The molecule has 0 radical (unpaired) electrons. The number of nitrogens with zero attached hydrogens (tertiary/aromatic N) is 3. The normalized spacial score (nSPS) is 17.2. The predicted molar refractivity (Wildman–Crippen MR) is 70.9 cm³/mol. The predicted octanol–water partition coefficient (Wildman–Crippen LogP) is -1.13. The molecule has 0 unspecified atom stereocenters. The SMILES string of the molecule is O=C(O)CCn1cc(S(=O)(=O)N2CCNC(=O)CC2)cn1. The fraction of sp³-hybridized carbons (Fsp3) is 0.545. The van der Waals surface area contributed by atoms with Crippen LogP contribution < -0.4 is 5.32 Å². The Labute approximate surface area is 121 Å². The number of rotatable bonds is 5. The fourth-order valence-electron chi connectivity index (χ4n) is 1.95. The molecule has 1 amide bonds. The zero-order valence-electron chi connectivity index (χ0n) is 11.2. The quantitative estimate of drug-likeness (QED) is 0.709. The third kappa shape index (κ3) is 3.79. The molecule has 2 heterocycles. The van der Waals surface area contributed by atoms with Gasteiger partial charge in [-0.3, -0.25) is 14.3 Å². The number of hydrogen-bond donors (Lipinski definition) is 2. The highest BCUT2D eigenvalue weighted by atomic mass is 32.2. The molecule has 2 rings (SSSR count). The average Bonchev–Trinajstić information content (AvgIpc) is 2.79. The lowest BCUT2D eigenvalue weighted by Crippen LogP contribution is -2.34. The minimum atomic E-state index is -3.72. The van der Waals surface area contributed by atoms with Crippen molar-refractivity contribution >= 4 is 21.9 Å². The van der Waals surface area contributed by atoms with Gasteiger partial charge in [-0.15, -0.1) is 0 Å². The minimum Gasteiger partial charge on any atom is -0.481 e. The maximum atomic E-state index is 12.4. The van der Waals surface area contributed by atoms with E-state index < -0.39 is 16.0 Å². The summed E-state index contributed by atoms with van der Waals surface area (Å²) in [6.45, 7) is 0.693. The lowest BCUT2D eigenvalue weighted by Gasteiger charge is -2.17. The van der Waals surface area contributed by atoms with Gasteiger partial charge in [0.1, 0.15) is 4.90 Å². The van der Waals surface area contributed by atoms with Crippen molar-refractivity contribution in [2.75, 3.05) is 19.6 Å². The molecule has 116 valence electrons. The second-order valence-electron chi connectivity index (χ2n) is 4.59. The van der Waals surface area contributed by atoms with E-state index in [9.17, 15) is 18.0 Å². The van der Waals surface area contributed by atoms with E-state index in [0.29, 0.717) is 0 Å². The average molecular weight is 316 g/mol. The van der Waals surface area contributed by atoms with Crippen LogP contribution in [0.3, 0.4) is 0 Å². The van der Waals surface area contributed by atoms with Gasteiger partial charge in [-0.25, -0.2) is 8.42 Å². The van der Waals surface area contributed by atoms with E-state index in [0.717, 1.165) is 0 Å². The summed E-state index contributed by atoms with van der Waals surface area (Å²) in [5.74, 6) is -1.16. The van der Waals surface area contributed by atoms with Crippen LogP contribution >= 0.6 is 0 Å². The van der Waals surface area contributed by atoms with Gasteiger partial charge in [-0.1, -0.05) is 0 Å². The Hall–Kier alpha value is -1.94. The van der Waals surface area contributed by atoms with Gasteiger partial charge in [0.15, 0.2) is 0 Å². The summed E-state index contributed by atoms with van der Waals surface area (Å²) in [5, 5.41) is 15.1. The lowest BCUT2D eigenvalue weighted by atomic mass is 10.4. The number of aromatic nitrogens is 2. The standard InChI is InChI=1S/C11H16N4O5S/c16-10-1-5-15(6-3-12-10)21(19,20)9-7-13-14(8-9)4-2-11(17)18/h7-8H,1-6H2,(H,12,16)(H,17,18). The largest absolute Gasteiger partial charge is 0.481 e. The maximum Gasteiger partial charge on any atom is 0.305 e. The molecule has 0 atom stereocenters. The van der Waals surface area contributed by atoms with Crippen molar-refractivity contribution in [1.82, 2.24) is 19.4 Å². The van der Waals surface area contributed by atoms with Crippen LogP contribution in [0.1, 0.15) is 12.8 Å². The summed E-state index contributed by atoms with van der Waals surface area (Å²) in [6, 6.07) is 0. The highest BCUT2D eigenvalue weighted by Crippen LogP contribution is 2.16. The van der Waals surface area contributed by atoms with E-state index in [1.807, 2.05) is 0 Å². The van der Waals surface area contributed by atoms with E-state index in [1.165, 1.54) is 21.4 Å². The molecule has 0 aromatic carbocycles. The van der Waals surface area contributed by atoms with Gasteiger partial charge in [0.2, 0.25) is 15.9 Å². The number of carboxylic acid groups (broad SMARTS) is 1. The van der Waals surface area contributed by atoms with E-state index in [1.54, 1.807) is 0 Å². The Bertz CT molecular complexity index is 639. The van der Waals surface area contributed by atoms with Crippen molar-refractivity contribution in [2.45, 2.75) is 24.3 Å². The summed E-state index contributed by atoms with van der Waals surface area (Å²) in [6.07, 6.45) is 2.48. The monoisotopic (exact) mass is 316 g/mol. The van der Waals surface area contributed by atoms with E-state index in [2.05, 4.69) is 10.4 Å².